The second-order valence-electron chi connectivity index (χ2n) is 4.98. The molecule has 1 aliphatic rings. The van der Waals surface area contributed by atoms with Crippen LogP contribution in [-0.2, 0) is 5.41 Å². The Morgan fingerprint density at radius 3 is 2.59 bits per heavy atom. The molecule has 0 nitrogen and oxygen atoms in total. The molecule has 0 N–H and O–H groups in total. The van der Waals surface area contributed by atoms with E-state index < -0.39 is 0 Å². The summed E-state index contributed by atoms with van der Waals surface area (Å²) >= 11 is 6.07. The lowest BCUT2D eigenvalue weighted by molar-refractivity contribution is 0.660. The van der Waals surface area contributed by atoms with Crippen LogP contribution in [0.3, 0.4) is 0 Å². The molecular weight excluding hydrogens is 387 g/mol. The molecule has 17 heavy (non-hydrogen) atoms. The van der Waals surface area contributed by atoms with Crippen molar-refractivity contribution in [3.63, 3.8) is 0 Å². The van der Waals surface area contributed by atoms with Crippen LogP contribution >= 0.6 is 38.5 Å². The molecule has 0 saturated heterocycles. The number of hydrogen-bond acceptors (Lipinski definition) is 0. The van der Waals surface area contributed by atoms with Crippen molar-refractivity contribution in [1.29, 1.82) is 0 Å². The molecule has 2 heteroatoms. The Morgan fingerprint density at radius 1 is 1.06 bits per heavy atom. The second kappa shape index (κ2) is 3.82. The van der Waals surface area contributed by atoms with E-state index >= 15 is 0 Å². The van der Waals surface area contributed by atoms with E-state index in [2.05, 4.69) is 88.8 Å². The highest BCUT2D eigenvalue weighted by Gasteiger charge is 2.36. The minimum absolute atomic E-state index is 0.107. The number of halogens is 2. The summed E-state index contributed by atoms with van der Waals surface area (Å²) in [6, 6.07) is 13.2. The first kappa shape index (κ1) is 11.7. The van der Waals surface area contributed by atoms with Gasteiger partial charge in [-0.15, -0.1) is 0 Å². The minimum atomic E-state index is 0.107. The summed E-state index contributed by atoms with van der Waals surface area (Å²) in [5, 5.41) is 0. The molecular formula is C15H12BrI. The summed E-state index contributed by atoms with van der Waals surface area (Å²) in [5.41, 5.74) is 5.70. The van der Waals surface area contributed by atoms with Gasteiger partial charge in [0.2, 0.25) is 0 Å². The first-order valence-corrected chi connectivity index (χ1v) is 7.48. The molecule has 0 aromatic heterocycles. The predicted molar refractivity (Wildman–Crippen MR) is 84.4 cm³/mol. The van der Waals surface area contributed by atoms with Gasteiger partial charge in [0.25, 0.3) is 0 Å². The maximum atomic E-state index is 3.69. The molecule has 86 valence electrons. The zero-order valence-electron chi connectivity index (χ0n) is 9.72. The maximum Gasteiger partial charge on any atom is 0.0256 e. The summed E-state index contributed by atoms with van der Waals surface area (Å²) in [7, 11) is 0. The van der Waals surface area contributed by atoms with Crippen molar-refractivity contribution >= 4 is 38.5 Å². The molecule has 0 heterocycles. The van der Waals surface area contributed by atoms with Gasteiger partial charge in [0.05, 0.1) is 0 Å². The zero-order valence-corrected chi connectivity index (χ0v) is 13.5. The van der Waals surface area contributed by atoms with Crippen LogP contribution in [-0.4, -0.2) is 0 Å². The average Bonchev–Trinajstić information content (AvgIpc) is 2.50. The quantitative estimate of drug-likeness (QED) is 0.524. The summed E-state index contributed by atoms with van der Waals surface area (Å²) in [6.07, 6.45) is 0. The van der Waals surface area contributed by atoms with Crippen LogP contribution in [0.15, 0.2) is 40.9 Å². The van der Waals surface area contributed by atoms with Crippen molar-refractivity contribution in [2.45, 2.75) is 19.3 Å². The molecule has 0 atom stereocenters. The van der Waals surface area contributed by atoms with E-state index in [0.717, 1.165) is 0 Å². The highest BCUT2D eigenvalue weighted by atomic mass is 127. The van der Waals surface area contributed by atoms with Crippen molar-refractivity contribution in [2.75, 3.05) is 0 Å². The van der Waals surface area contributed by atoms with Gasteiger partial charge in [0, 0.05) is 19.0 Å². The van der Waals surface area contributed by atoms with Gasteiger partial charge in [0.1, 0.15) is 0 Å². The monoisotopic (exact) mass is 398 g/mol. The van der Waals surface area contributed by atoms with Gasteiger partial charge in [-0.25, -0.2) is 0 Å². The maximum absolute atomic E-state index is 3.69. The first-order valence-electron chi connectivity index (χ1n) is 5.61. The van der Waals surface area contributed by atoms with Crippen LogP contribution in [0.5, 0.6) is 0 Å². The van der Waals surface area contributed by atoms with E-state index in [0.29, 0.717) is 0 Å². The molecule has 2 aromatic carbocycles. The van der Waals surface area contributed by atoms with Gasteiger partial charge in [-0.2, -0.15) is 0 Å². The first-order chi connectivity index (χ1) is 8.01. The predicted octanol–water partition coefficient (Wildman–Crippen LogP) is 5.36. The Hall–Kier alpha value is -0.350. The Balaban J connectivity index is 2.43. The SMILES string of the molecule is CC1(C)c2cc(I)ccc2-c2c(Br)cccc21. The molecule has 1 aliphatic carbocycles. The van der Waals surface area contributed by atoms with E-state index in [-0.39, 0.29) is 5.41 Å². The molecule has 0 aliphatic heterocycles. The summed E-state index contributed by atoms with van der Waals surface area (Å²) < 4.78 is 2.50. The summed E-state index contributed by atoms with van der Waals surface area (Å²) in [4.78, 5) is 0. The molecule has 0 radical (unpaired) electrons. The third kappa shape index (κ3) is 1.60. The lowest BCUT2D eigenvalue weighted by atomic mass is 9.82. The van der Waals surface area contributed by atoms with E-state index in [1.54, 1.807) is 0 Å². The Kier molecular flexibility index (Phi) is 2.63. The van der Waals surface area contributed by atoms with Crippen LogP contribution in [0.2, 0.25) is 0 Å². The summed E-state index contributed by atoms with van der Waals surface area (Å²) in [6.45, 7) is 4.61. The molecule has 0 unspecified atom stereocenters. The van der Waals surface area contributed by atoms with Crippen molar-refractivity contribution in [2.24, 2.45) is 0 Å². The van der Waals surface area contributed by atoms with Crippen LogP contribution in [0.25, 0.3) is 11.1 Å². The number of rotatable bonds is 0. The molecule has 2 aromatic rings. The normalized spacial score (nSPS) is 15.5. The lowest BCUT2D eigenvalue weighted by Gasteiger charge is -2.21. The highest BCUT2D eigenvalue weighted by molar-refractivity contribution is 14.1. The Morgan fingerprint density at radius 2 is 1.82 bits per heavy atom. The summed E-state index contributed by atoms with van der Waals surface area (Å²) in [5.74, 6) is 0. The topological polar surface area (TPSA) is 0 Å². The van der Waals surface area contributed by atoms with Gasteiger partial charge in [-0.1, -0.05) is 48.0 Å². The molecule has 0 bridgehead atoms. The van der Waals surface area contributed by atoms with Gasteiger partial charge >= 0.3 is 0 Å². The van der Waals surface area contributed by atoms with Crippen molar-refractivity contribution in [3.05, 3.63) is 55.6 Å². The fourth-order valence-corrected chi connectivity index (χ4v) is 3.79. The van der Waals surface area contributed by atoms with E-state index in [1.807, 2.05) is 0 Å². The smallest absolute Gasteiger partial charge is 0.0256 e. The molecule has 0 fully saturated rings. The molecule has 0 saturated carbocycles. The van der Waals surface area contributed by atoms with Crippen molar-refractivity contribution in [1.82, 2.24) is 0 Å². The number of benzene rings is 2. The molecule has 0 amide bonds. The van der Waals surface area contributed by atoms with Gasteiger partial charge in [-0.05, 0) is 57.5 Å². The fraction of sp³-hybridized carbons (Fsp3) is 0.200. The van der Waals surface area contributed by atoms with Gasteiger partial charge < -0.3 is 0 Å². The Bertz CT molecular complexity index is 614. The van der Waals surface area contributed by atoms with Crippen LogP contribution in [0.4, 0.5) is 0 Å². The number of hydrogen-bond donors (Lipinski definition) is 0. The molecule has 0 spiro atoms. The van der Waals surface area contributed by atoms with Gasteiger partial charge in [0.15, 0.2) is 0 Å². The minimum Gasteiger partial charge on any atom is -0.0608 e. The van der Waals surface area contributed by atoms with E-state index in [1.165, 1.54) is 30.3 Å². The van der Waals surface area contributed by atoms with Crippen LogP contribution in [0, 0.1) is 3.57 Å². The van der Waals surface area contributed by atoms with Gasteiger partial charge in [-0.3, -0.25) is 0 Å². The number of fused-ring (bicyclic) bond motifs is 3. The van der Waals surface area contributed by atoms with Crippen LogP contribution in [0.1, 0.15) is 25.0 Å². The van der Waals surface area contributed by atoms with Crippen molar-refractivity contribution < 1.29 is 0 Å². The van der Waals surface area contributed by atoms with E-state index in [4.69, 9.17) is 0 Å². The Labute approximate surface area is 124 Å². The zero-order chi connectivity index (χ0) is 12.2. The molecule has 3 rings (SSSR count). The fourth-order valence-electron chi connectivity index (χ4n) is 2.72. The van der Waals surface area contributed by atoms with Crippen molar-refractivity contribution in [3.8, 4) is 11.1 Å². The second-order valence-corrected chi connectivity index (χ2v) is 7.08. The largest absolute Gasteiger partial charge is 0.0608 e. The lowest BCUT2D eigenvalue weighted by Crippen LogP contribution is -2.14. The van der Waals surface area contributed by atoms with Crippen LogP contribution < -0.4 is 0 Å². The standard InChI is InChI=1S/C15H12BrI/c1-15(2)11-4-3-5-13(16)14(11)10-7-6-9(17)8-12(10)15/h3-8H,1-2H3. The third-order valence-electron chi connectivity index (χ3n) is 3.61. The highest BCUT2D eigenvalue weighted by Crippen LogP contribution is 2.51. The average molecular weight is 399 g/mol. The van der Waals surface area contributed by atoms with E-state index in [9.17, 15) is 0 Å². The third-order valence-corrected chi connectivity index (χ3v) is 4.94.